The molecule has 1 saturated heterocycles. The number of hydrogen-bond donors (Lipinski definition) is 2. The van der Waals surface area contributed by atoms with Gasteiger partial charge in [0.25, 0.3) is 0 Å². The van der Waals surface area contributed by atoms with Crippen LogP contribution < -0.4 is 16.0 Å². The average molecular weight is 661 g/mol. The van der Waals surface area contributed by atoms with E-state index in [4.69, 9.17) is 5.73 Å². The number of rotatable bonds is 6. The molecule has 1 aliphatic rings. The molecule has 2 amide bonds. The summed E-state index contributed by atoms with van der Waals surface area (Å²) in [5.41, 5.74) is 1.25. The van der Waals surface area contributed by atoms with Crippen molar-refractivity contribution in [1.29, 1.82) is 0 Å². The van der Waals surface area contributed by atoms with Gasteiger partial charge in [0.05, 0.1) is 45.7 Å². The summed E-state index contributed by atoms with van der Waals surface area (Å²) >= 11 is 0. The van der Waals surface area contributed by atoms with E-state index in [0.29, 0.717) is 47.4 Å². The van der Waals surface area contributed by atoms with Gasteiger partial charge in [-0.1, -0.05) is 6.07 Å². The molecular weight excluding hydrogens is 629 g/mol. The Kier molecular flexibility index (Phi) is 9.73. The molecule has 6 nitrogen and oxygen atoms in total. The number of halogens is 8. The molecule has 2 aromatic carbocycles. The molecule has 4 rings (SSSR count). The Balaban J connectivity index is 0.00000552. The molecule has 45 heavy (non-hydrogen) atoms. The van der Waals surface area contributed by atoms with E-state index >= 15 is 0 Å². The number of likely N-dealkylation sites (N-methyl/N-ethyl adjacent to an activating group) is 1. The number of amides is 2. The second kappa shape index (κ2) is 12.2. The standard InChI is InChI=1S/C31H31F7N4O2.ClH/c1-16-10-20(32)6-7-21(16)22-14-24(23-8-9-29(4,41-23)26(39)43)40-15-25(22)42(5)27(44)28(2,3)17-11-18(30(33,34)35)13-19(12-17)31(36,37)38;/h6-7,10-15,23,41H,8-9H2,1-5H3,(H2,39,43);1H/t23-,29+;/m1./s1. The molecule has 3 aromatic rings. The van der Waals surface area contributed by atoms with Crippen molar-refractivity contribution in [2.45, 2.75) is 69.9 Å². The van der Waals surface area contributed by atoms with Crippen LogP contribution in [0.5, 0.6) is 0 Å². The molecule has 0 bridgehead atoms. The summed E-state index contributed by atoms with van der Waals surface area (Å²) in [6.07, 6.45) is -7.88. The Bertz CT molecular complexity index is 1590. The van der Waals surface area contributed by atoms with Crippen LogP contribution in [0.2, 0.25) is 0 Å². The number of aromatic nitrogens is 1. The molecule has 2 heterocycles. The molecular formula is C31H32ClF7N4O2. The first-order valence-electron chi connectivity index (χ1n) is 13.6. The van der Waals surface area contributed by atoms with Gasteiger partial charge < -0.3 is 10.6 Å². The van der Waals surface area contributed by atoms with Crippen LogP contribution in [0.15, 0.2) is 48.7 Å². The smallest absolute Gasteiger partial charge is 0.368 e. The largest absolute Gasteiger partial charge is 0.416 e. The summed E-state index contributed by atoms with van der Waals surface area (Å²) in [5.74, 6) is -1.87. The van der Waals surface area contributed by atoms with Crippen molar-refractivity contribution in [2.75, 3.05) is 11.9 Å². The molecule has 1 aliphatic heterocycles. The number of carbonyl (C=O) groups excluding carboxylic acids is 2. The zero-order valence-corrected chi connectivity index (χ0v) is 25.8. The maximum Gasteiger partial charge on any atom is 0.416 e. The van der Waals surface area contributed by atoms with E-state index in [1.165, 1.54) is 45.3 Å². The van der Waals surface area contributed by atoms with Gasteiger partial charge >= 0.3 is 12.4 Å². The van der Waals surface area contributed by atoms with Crippen molar-refractivity contribution in [3.05, 3.63) is 82.4 Å². The topological polar surface area (TPSA) is 88.3 Å². The lowest BCUT2D eigenvalue weighted by Gasteiger charge is -2.32. The molecule has 1 aromatic heterocycles. The average Bonchev–Trinajstić information content (AvgIpc) is 3.34. The van der Waals surface area contributed by atoms with E-state index in [0.717, 1.165) is 4.90 Å². The molecule has 3 N–H and O–H groups in total. The number of hydrogen-bond acceptors (Lipinski definition) is 4. The van der Waals surface area contributed by atoms with Gasteiger partial charge in [0.15, 0.2) is 0 Å². The first-order chi connectivity index (χ1) is 20.1. The second-order valence-corrected chi connectivity index (χ2v) is 11.8. The number of pyridine rings is 1. The number of nitrogens with two attached hydrogens (primary N) is 1. The maximum atomic E-state index is 14.0. The molecule has 244 valence electrons. The summed E-state index contributed by atoms with van der Waals surface area (Å²) in [4.78, 5) is 31.5. The minimum Gasteiger partial charge on any atom is -0.368 e. The summed E-state index contributed by atoms with van der Waals surface area (Å²) in [6, 6.07) is 6.33. The van der Waals surface area contributed by atoms with E-state index in [1.807, 2.05) is 0 Å². The van der Waals surface area contributed by atoms with Crippen molar-refractivity contribution in [1.82, 2.24) is 10.3 Å². The summed E-state index contributed by atoms with van der Waals surface area (Å²) in [5, 5.41) is 3.18. The van der Waals surface area contributed by atoms with Crippen LogP contribution in [0.4, 0.5) is 36.4 Å². The van der Waals surface area contributed by atoms with E-state index in [9.17, 15) is 40.3 Å². The predicted octanol–water partition coefficient (Wildman–Crippen LogP) is 7.26. The third kappa shape index (κ3) is 7.09. The van der Waals surface area contributed by atoms with Gasteiger partial charge in [0.1, 0.15) is 5.82 Å². The summed E-state index contributed by atoms with van der Waals surface area (Å²) in [6.45, 7) is 5.78. The highest BCUT2D eigenvalue weighted by atomic mass is 35.5. The fourth-order valence-corrected chi connectivity index (χ4v) is 5.41. The van der Waals surface area contributed by atoms with Crippen molar-refractivity contribution in [3.8, 4) is 11.1 Å². The number of primary amides is 1. The number of alkyl halides is 6. The molecule has 0 spiro atoms. The normalized spacial score (nSPS) is 18.8. The minimum atomic E-state index is -5.09. The molecule has 0 saturated carbocycles. The van der Waals surface area contributed by atoms with Crippen LogP contribution in [-0.4, -0.2) is 29.4 Å². The third-order valence-electron chi connectivity index (χ3n) is 8.22. The van der Waals surface area contributed by atoms with Gasteiger partial charge in [0.2, 0.25) is 11.8 Å². The van der Waals surface area contributed by atoms with E-state index in [-0.39, 0.29) is 24.2 Å². The lowest BCUT2D eigenvalue weighted by atomic mass is 9.81. The third-order valence-corrected chi connectivity index (χ3v) is 8.22. The van der Waals surface area contributed by atoms with Crippen LogP contribution in [0.3, 0.4) is 0 Å². The zero-order chi connectivity index (χ0) is 33.0. The van der Waals surface area contributed by atoms with Crippen LogP contribution in [0, 0.1) is 12.7 Å². The Labute approximate surface area is 261 Å². The highest BCUT2D eigenvalue weighted by molar-refractivity contribution is 6.03. The van der Waals surface area contributed by atoms with Crippen molar-refractivity contribution in [2.24, 2.45) is 5.73 Å². The molecule has 14 heteroatoms. The van der Waals surface area contributed by atoms with E-state index in [1.54, 1.807) is 19.9 Å². The number of nitrogens with zero attached hydrogens (tertiary/aromatic N) is 2. The SMILES string of the molecule is Cc1cc(F)ccc1-c1cc([C@H]2CC[C@@](C)(C(N)=O)N2)ncc1N(C)C(=O)C(C)(C)c1cc(C(F)(F)F)cc(C(F)(F)F)c1.Cl. The molecule has 2 atom stereocenters. The highest BCUT2D eigenvalue weighted by Crippen LogP contribution is 2.42. The van der Waals surface area contributed by atoms with Crippen LogP contribution >= 0.6 is 12.4 Å². The Morgan fingerprint density at radius 3 is 2.00 bits per heavy atom. The van der Waals surface area contributed by atoms with Crippen LogP contribution in [0.25, 0.3) is 11.1 Å². The Morgan fingerprint density at radius 1 is 0.956 bits per heavy atom. The van der Waals surface area contributed by atoms with Gasteiger partial charge in [-0.3, -0.25) is 19.9 Å². The highest BCUT2D eigenvalue weighted by Gasteiger charge is 2.42. The monoisotopic (exact) mass is 660 g/mol. The second-order valence-electron chi connectivity index (χ2n) is 11.8. The molecule has 1 fully saturated rings. The van der Waals surface area contributed by atoms with E-state index in [2.05, 4.69) is 10.3 Å². The Hall–Kier alpha value is -3.71. The minimum absolute atomic E-state index is 0. The lowest BCUT2D eigenvalue weighted by Crippen LogP contribution is -2.49. The quantitative estimate of drug-likeness (QED) is 0.273. The summed E-state index contributed by atoms with van der Waals surface area (Å²) < 4.78 is 95.5. The first-order valence-corrected chi connectivity index (χ1v) is 13.6. The summed E-state index contributed by atoms with van der Waals surface area (Å²) in [7, 11) is 1.33. The number of nitrogens with one attached hydrogen (secondary N) is 1. The van der Waals surface area contributed by atoms with Gasteiger partial charge in [-0.2, -0.15) is 26.3 Å². The fourth-order valence-electron chi connectivity index (χ4n) is 5.41. The van der Waals surface area contributed by atoms with Gasteiger partial charge in [-0.05, 0) is 93.6 Å². The van der Waals surface area contributed by atoms with E-state index < -0.39 is 63.7 Å². The number of benzene rings is 2. The van der Waals surface area contributed by atoms with Crippen LogP contribution in [-0.2, 0) is 27.4 Å². The maximum absolute atomic E-state index is 14.0. The van der Waals surface area contributed by atoms with Gasteiger partial charge in [-0.25, -0.2) is 4.39 Å². The number of aryl methyl sites for hydroxylation is 1. The lowest BCUT2D eigenvalue weighted by molar-refractivity contribution is -0.143. The molecule has 0 unspecified atom stereocenters. The van der Waals surface area contributed by atoms with Crippen molar-refractivity contribution in [3.63, 3.8) is 0 Å². The van der Waals surface area contributed by atoms with Crippen molar-refractivity contribution < 1.29 is 40.3 Å². The first kappa shape index (κ1) is 35.8. The number of anilines is 1. The zero-order valence-electron chi connectivity index (χ0n) is 25.0. The predicted molar refractivity (Wildman–Crippen MR) is 157 cm³/mol. The Morgan fingerprint density at radius 2 is 1.51 bits per heavy atom. The van der Waals surface area contributed by atoms with Gasteiger partial charge in [0, 0.05) is 12.6 Å². The number of carbonyl (C=O) groups is 2. The van der Waals surface area contributed by atoms with Gasteiger partial charge in [-0.15, -0.1) is 12.4 Å². The van der Waals surface area contributed by atoms with Crippen molar-refractivity contribution >= 4 is 29.9 Å². The van der Waals surface area contributed by atoms with Crippen LogP contribution in [0.1, 0.15) is 67.6 Å². The molecule has 0 radical (unpaired) electrons. The molecule has 0 aliphatic carbocycles. The fraction of sp³-hybridized carbons (Fsp3) is 0.387.